The number of carbonyl (C=O) groups is 1. The normalized spacial score (nSPS) is 11.2. The van der Waals surface area contributed by atoms with Gasteiger partial charge in [-0.1, -0.05) is 108 Å². The number of rotatable bonds is 6. The fourth-order valence-electron chi connectivity index (χ4n) is 3.85. The lowest BCUT2D eigenvalue weighted by Gasteiger charge is -2.34. The molecule has 0 saturated carbocycles. The van der Waals surface area contributed by atoms with Gasteiger partial charge in [-0.2, -0.15) is 0 Å². The van der Waals surface area contributed by atoms with Crippen molar-refractivity contribution in [1.82, 2.24) is 0 Å². The molecular weight excluding hydrogens is 394 g/mol. The monoisotopic (exact) mass is 421 g/mol. The molecule has 4 aromatic rings. The van der Waals surface area contributed by atoms with Gasteiger partial charge in [-0.15, -0.1) is 0 Å². The highest BCUT2D eigenvalue weighted by Crippen LogP contribution is 2.34. The second-order valence-corrected chi connectivity index (χ2v) is 8.15. The fourth-order valence-corrected chi connectivity index (χ4v) is 3.85. The van der Waals surface area contributed by atoms with E-state index in [4.69, 9.17) is 0 Å². The van der Waals surface area contributed by atoms with Crippen LogP contribution in [-0.2, 0) is 16.9 Å². The van der Waals surface area contributed by atoms with E-state index in [1.165, 1.54) is 0 Å². The van der Waals surface area contributed by atoms with Crippen LogP contribution >= 0.6 is 0 Å². The molecule has 1 amide bonds. The van der Waals surface area contributed by atoms with Gasteiger partial charge in [0, 0.05) is 5.69 Å². The summed E-state index contributed by atoms with van der Waals surface area (Å²) in [6.07, 6.45) is 0. The van der Waals surface area contributed by atoms with Gasteiger partial charge in [0.15, 0.2) is 5.60 Å². The molecule has 0 aliphatic carbocycles. The Morgan fingerprint density at radius 2 is 1.12 bits per heavy atom. The molecule has 32 heavy (non-hydrogen) atoms. The van der Waals surface area contributed by atoms with Crippen LogP contribution in [0.5, 0.6) is 0 Å². The molecule has 0 spiro atoms. The molecule has 0 fully saturated rings. The Hall–Kier alpha value is -3.69. The first-order valence-corrected chi connectivity index (χ1v) is 10.8. The third-order valence-electron chi connectivity index (χ3n) is 5.74. The van der Waals surface area contributed by atoms with Crippen molar-refractivity contribution in [2.75, 3.05) is 4.90 Å². The third-order valence-corrected chi connectivity index (χ3v) is 5.74. The van der Waals surface area contributed by atoms with Gasteiger partial charge < -0.3 is 10.0 Å². The molecule has 0 atom stereocenters. The van der Waals surface area contributed by atoms with E-state index in [9.17, 15) is 9.90 Å². The van der Waals surface area contributed by atoms with E-state index < -0.39 is 5.60 Å². The topological polar surface area (TPSA) is 40.5 Å². The van der Waals surface area contributed by atoms with Crippen molar-refractivity contribution in [2.45, 2.75) is 26.0 Å². The van der Waals surface area contributed by atoms with E-state index in [0.717, 1.165) is 22.4 Å². The largest absolute Gasteiger partial charge is 0.372 e. The first kappa shape index (κ1) is 21.5. The maximum Gasteiger partial charge on any atom is 0.268 e. The highest BCUT2D eigenvalue weighted by atomic mass is 16.3. The molecule has 4 aromatic carbocycles. The molecule has 0 heterocycles. The minimum absolute atomic E-state index is 0.351. The zero-order valence-corrected chi connectivity index (χ0v) is 18.4. The fraction of sp³-hybridized carbons (Fsp3) is 0.138. The zero-order chi connectivity index (χ0) is 22.6. The van der Waals surface area contributed by atoms with Gasteiger partial charge in [0.1, 0.15) is 0 Å². The van der Waals surface area contributed by atoms with Gasteiger partial charge in [0.05, 0.1) is 6.54 Å². The standard InChI is InChI=1S/C29H27NO2/c1-22-13-17-25(18-14-22)29(32,26-19-15-23(2)16-20-26)28(31)30(27-11-7-4-8-12-27)21-24-9-5-3-6-10-24/h3-20,32H,21H2,1-2H3. The quantitative estimate of drug-likeness (QED) is 0.429. The van der Waals surface area contributed by atoms with Crippen LogP contribution in [0.1, 0.15) is 27.8 Å². The van der Waals surface area contributed by atoms with Crippen molar-refractivity contribution in [3.63, 3.8) is 0 Å². The van der Waals surface area contributed by atoms with Crippen LogP contribution < -0.4 is 4.90 Å². The summed E-state index contributed by atoms with van der Waals surface area (Å²) >= 11 is 0. The van der Waals surface area contributed by atoms with Crippen LogP contribution in [0.3, 0.4) is 0 Å². The lowest BCUT2D eigenvalue weighted by Crippen LogP contribution is -2.47. The van der Waals surface area contributed by atoms with Gasteiger partial charge in [0.25, 0.3) is 5.91 Å². The van der Waals surface area contributed by atoms with Crippen molar-refractivity contribution >= 4 is 11.6 Å². The van der Waals surface area contributed by atoms with Crippen molar-refractivity contribution in [3.05, 3.63) is 137 Å². The molecule has 0 saturated heterocycles. The second-order valence-electron chi connectivity index (χ2n) is 8.15. The maximum absolute atomic E-state index is 14.2. The van der Waals surface area contributed by atoms with Crippen molar-refractivity contribution in [3.8, 4) is 0 Å². The highest BCUT2D eigenvalue weighted by Gasteiger charge is 2.43. The van der Waals surface area contributed by atoms with Crippen LogP contribution in [0.25, 0.3) is 0 Å². The van der Waals surface area contributed by atoms with Gasteiger partial charge in [-0.05, 0) is 42.7 Å². The number of carbonyl (C=O) groups excluding carboxylic acids is 1. The average molecular weight is 422 g/mol. The summed E-state index contributed by atoms with van der Waals surface area (Å²) in [5.74, 6) is -0.389. The molecule has 0 aliphatic rings. The molecule has 3 heteroatoms. The number of aliphatic hydroxyl groups is 1. The van der Waals surface area contributed by atoms with Crippen LogP contribution in [0, 0.1) is 13.8 Å². The summed E-state index contributed by atoms with van der Waals surface area (Å²) in [5, 5.41) is 12.1. The second kappa shape index (κ2) is 9.21. The maximum atomic E-state index is 14.2. The number of hydrogen-bond donors (Lipinski definition) is 1. The number of benzene rings is 4. The van der Waals surface area contributed by atoms with E-state index in [1.807, 2.05) is 123 Å². The molecule has 1 N–H and O–H groups in total. The average Bonchev–Trinajstić information content (AvgIpc) is 2.84. The Morgan fingerprint density at radius 1 is 0.688 bits per heavy atom. The van der Waals surface area contributed by atoms with E-state index in [-0.39, 0.29) is 5.91 Å². The van der Waals surface area contributed by atoms with Crippen molar-refractivity contribution in [2.24, 2.45) is 0 Å². The number of nitrogens with zero attached hydrogens (tertiary/aromatic N) is 1. The minimum atomic E-state index is -1.83. The highest BCUT2D eigenvalue weighted by molar-refractivity contribution is 6.02. The Morgan fingerprint density at radius 3 is 1.59 bits per heavy atom. The van der Waals surface area contributed by atoms with Crippen molar-refractivity contribution < 1.29 is 9.90 Å². The Balaban J connectivity index is 1.86. The first-order chi connectivity index (χ1) is 15.5. The predicted octanol–water partition coefficient (Wildman–Crippen LogP) is 5.77. The summed E-state index contributed by atoms with van der Waals surface area (Å²) in [7, 11) is 0. The Kier molecular flexibility index (Phi) is 6.20. The summed E-state index contributed by atoms with van der Waals surface area (Å²) < 4.78 is 0. The SMILES string of the molecule is Cc1ccc(C(O)(C(=O)N(Cc2ccccc2)c2ccccc2)c2ccc(C)cc2)cc1. The molecular formula is C29H27NO2. The summed E-state index contributed by atoms with van der Waals surface area (Å²) in [6.45, 7) is 4.33. The summed E-state index contributed by atoms with van der Waals surface area (Å²) in [4.78, 5) is 15.9. The first-order valence-electron chi connectivity index (χ1n) is 10.8. The summed E-state index contributed by atoms with van der Waals surface area (Å²) in [6, 6.07) is 34.4. The number of anilines is 1. The number of para-hydroxylation sites is 1. The van der Waals surface area contributed by atoms with Crippen molar-refractivity contribution in [1.29, 1.82) is 0 Å². The molecule has 0 aliphatic heterocycles. The van der Waals surface area contributed by atoms with Gasteiger partial charge in [-0.3, -0.25) is 4.79 Å². The van der Waals surface area contributed by atoms with E-state index >= 15 is 0 Å². The Labute approximate surface area is 189 Å². The lowest BCUT2D eigenvalue weighted by molar-refractivity contribution is -0.134. The molecule has 4 rings (SSSR count). The molecule has 0 bridgehead atoms. The van der Waals surface area contributed by atoms with Crippen LogP contribution in [0.15, 0.2) is 109 Å². The summed E-state index contributed by atoms with van der Waals surface area (Å²) in [5.41, 5.74) is 3.12. The predicted molar refractivity (Wildman–Crippen MR) is 129 cm³/mol. The zero-order valence-electron chi connectivity index (χ0n) is 18.4. The van der Waals surface area contributed by atoms with Crippen LogP contribution in [0.4, 0.5) is 5.69 Å². The third kappa shape index (κ3) is 4.34. The van der Waals surface area contributed by atoms with Gasteiger partial charge in [-0.25, -0.2) is 0 Å². The Bertz CT molecular complexity index is 1120. The van der Waals surface area contributed by atoms with Gasteiger partial charge in [0.2, 0.25) is 0 Å². The van der Waals surface area contributed by atoms with E-state index in [0.29, 0.717) is 17.7 Å². The van der Waals surface area contributed by atoms with E-state index in [1.54, 1.807) is 4.90 Å². The minimum Gasteiger partial charge on any atom is -0.372 e. The lowest BCUT2D eigenvalue weighted by atomic mass is 9.84. The van der Waals surface area contributed by atoms with E-state index in [2.05, 4.69) is 0 Å². The number of hydrogen-bond acceptors (Lipinski definition) is 2. The number of aryl methyl sites for hydroxylation is 2. The number of amides is 1. The smallest absolute Gasteiger partial charge is 0.268 e. The molecule has 0 aromatic heterocycles. The molecule has 160 valence electrons. The molecule has 0 unspecified atom stereocenters. The van der Waals surface area contributed by atoms with Gasteiger partial charge >= 0.3 is 0 Å². The van der Waals surface area contributed by atoms with Crippen LogP contribution in [-0.4, -0.2) is 11.0 Å². The molecule has 0 radical (unpaired) electrons. The van der Waals surface area contributed by atoms with Crippen LogP contribution in [0.2, 0.25) is 0 Å². The molecule has 3 nitrogen and oxygen atoms in total.